The second-order valence-electron chi connectivity index (χ2n) is 5.54. The van der Waals surface area contributed by atoms with E-state index >= 15 is 0 Å². The summed E-state index contributed by atoms with van der Waals surface area (Å²) in [6, 6.07) is 3.04. The van der Waals surface area contributed by atoms with E-state index < -0.39 is 5.97 Å². The normalized spacial score (nSPS) is 13.3. The fourth-order valence-corrected chi connectivity index (χ4v) is 4.10. The first-order valence-electron chi connectivity index (χ1n) is 7.57. The Morgan fingerprint density at radius 2 is 2.09 bits per heavy atom. The van der Waals surface area contributed by atoms with Crippen molar-refractivity contribution in [1.82, 2.24) is 4.98 Å². The number of ether oxygens (including phenoxy) is 1. The third-order valence-corrected chi connectivity index (χ3v) is 5.39. The zero-order chi connectivity index (χ0) is 16.4. The molecule has 0 fully saturated rings. The summed E-state index contributed by atoms with van der Waals surface area (Å²) >= 11 is 1.66. The Hall–Kier alpha value is -2.21. The van der Waals surface area contributed by atoms with E-state index in [4.69, 9.17) is 0 Å². The van der Waals surface area contributed by atoms with Crippen molar-refractivity contribution in [2.75, 3.05) is 12.4 Å². The number of carbonyl (C=O) groups is 2. The van der Waals surface area contributed by atoms with E-state index in [-0.39, 0.29) is 11.6 Å². The Balaban J connectivity index is 1.82. The number of aromatic nitrogens is 1. The van der Waals surface area contributed by atoms with Crippen molar-refractivity contribution in [1.29, 1.82) is 0 Å². The van der Waals surface area contributed by atoms with Crippen molar-refractivity contribution in [3.63, 3.8) is 0 Å². The molecule has 1 aliphatic rings. The molecule has 2 heterocycles. The average Bonchev–Trinajstić information content (AvgIpc) is 2.90. The van der Waals surface area contributed by atoms with Crippen molar-refractivity contribution in [2.45, 2.75) is 32.6 Å². The van der Waals surface area contributed by atoms with Gasteiger partial charge in [-0.05, 0) is 55.9 Å². The Labute approximate surface area is 138 Å². The van der Waals surface area contributed by atoms with Crippen LogP contribution in [0.15, 0.2) is 18.3 Å². The molecule has 0 unspecified atom stereocenters. The number of amides is 1. The highest BCUT2D eigenvalue weighted by Crippen LogP contribution is 2.37. The lowest BCUT2D eigenvalue weighted by Crippen LogP contribution is -2.14. The summed E-state index contributed by atoms with van der Waals surface area (Å²) in [5.74, 6) is -0.790. The zero-order valence-corrected chi connectivity index (χ0v) is 14.0. The van der Waals surface area contributed by atoms with Gasteiger partial charge in [-0.15, -0.1) is 11.3 Å². The first-order chi connectivity index (χ1) is 11.1. The first-order valence-corrected chi connectivity index (χ1v) is 8.38. The van der Waals surface area contributed by atoms with Gasteiger partial charge in [-0.2, -0.15) is 0 Å². The van der Waals surface area contributed by atoms with Crippen LogP contribution in [0.5, 0.6) is 0 Å². The van der Waals surface area contributed by atoms with Gasteiger partial charge in [0.05, 0.1) is 12.1 Å². The van der Waals surface area contributed by atoms with Gasteiger partial charge in [0.1, 0.15) is 5.69 Å². The molecule has 0 bridgehead atoms. The number of esters is 1. The maximum atomic E-state index is 12.5. The molecule has 1 N–H and O–H groups in total. The summed E-state index contributed by atoms with van der Waals surface area (Å²) in [6.45, 7) is 2.06. The van der Waals surface area contributed by atoms with Gasteiger partial charge >= 0.3 is 5.97 Å². The smallest absolute Gasteiger partial charge is 0.356 e. The third kappa shape index (κ3) is 3.12. The van der Waals surface area contributed by atoms with Crippen LogP contribution < -0.4 is 5.32 Å². The van der Waals surface area contributed by atoms with E-state index in [0.29, 0.717) is 5.56 Å². The van der Waals surface area contributed by atoms with Crippen molar-refractivity contribution in [3.05, 3.63) is 45.6 Å². The number of nitrogens with one attached hydrogen (secondary N) is 1. The largest absolute Gasteiger partial charge is 0.464 e. The highest BCUT2D eigenvalue weighted by Gasteiger charge is 2.20. The maximum Gasteiger partial charge on any atom is 0.356 e. The van der Waals surface area contributed by atoms with Gasteiger partial charge in [0.15, 0.2) is 0 Å². The Bertz CT molecular complexity index is 767. The molecule has 0 radical (unpaired) electrons. The zero-order valence-electron chi connectivity index (χ0n) is 13.1. The monoisotopic (exact) mass is 330 g/mol. The molecule has 0 aromatic carbocycles. The molecule has 3 rings (SSSR count). The topological polar surface area (TPSA) is 68.3 Å². The first kappa shape index (κ1) is 15.7. The Morgan fingerprint density at radius 3 is 2.83 bits per heavy atom. The number of fused-ring (bicyclic) bond motifs is 1. The van der Waals surface area contributed by atoms with Gasteiger partial charge in [-0.3, -0.25) is 4.79 Å². The van der Waals surface area contributed by atoms with Crippen molar-refractivity contribution in [2.24, 2.45) is 0 Å². The van der Waals surface area contributed by atoms with Gasteiger partial charge in [-0.25, -0.2) is 9.78 Å². The summed E-state index contributed by atoms with van der Waals surface area (Å²) in [5.41, 5.74) is 3.08. The lowest BCUT2D eigenvalue weighted by Gasteiger charge is -2.10. The molecule has 0 saturated carbocycles. The van der Waals surface area contributed by atoms with Gasteiger partial charge in [-0.1, -0.05) is 0 Å². The molecule has 120 valence electrons. The molecule has 0 spiro atoms. The van der Waals surface area contributed by atoms with Crippen LogP contribution in [0.25, 0.3) is 0 Å². The second kappa shape index (κ2) is 6.50. The fraction of sp³-hybridized carbons (Fsp3) is 0.353. The van der Waals surface area contributed by atoms with E-state index in [1.54, 1.807) is 17.4 Å². The molecule has 23 heavy (non-hydrogen) atoms. The number of hydrogen-bond acceptors (Lipinski definition) is 5. The van der Waals surface area contributed by atoms with E-state index in [1.807, 2.05) is 0 Å². The summed E-state index contributed by atoms with van der Waals surface area (Å²) in [5, 5.41) is 3.87. The van der Waals surface area contributed by atoms with E-state index in [2.05, 4.69) is 22.0 Å². The molecular weight excluding hydrogens is 312 g/mol. The number of carbonyl (C=O) groups excluding carboxylic acids is 2. The molecule has 0 aliphatic heterocycles. The molecule has 1 amide bonds. The number of anilines is 1. The SMILES string of the molecule is COC(=O)c1cc(C(=O)Nc2sc3c(c2C)CCCC3)ccn1. The molecule has 1 aliphatic carbocycles. The standard InChI is InChI=1S/C17H18N2O3S/c1-10-12-5-3-4-6-14(12)23-16(10)19-15(20)11-7-8-18-13(9-11)17(21)22-2/h7-9H,3-6H2,1-2H3,(H,19,20). The van der Waals surface area contributed by atoms with Crippen LogP contribution in [0, 0.1) is 6.92 Å². The van der Waals surface area contributed by atoms with Crippen LogP contribution in [-0.2, 0) is 17.6 Å². The second-order valence-corrected chi connectivity index (χ2v) is 6.65. The third-order valence-electron chi connectivity index (χ3n) is 4.08. The van der Waals surface area contributed by atoms with Crippen LogP contribution in [0.2, 0.25) is 0 Å². The predicted molar refractivity (Wildman–Crippen MR) is 89.2 cm³/mol. The number of pyridine rings is 1. The van der Waals surface area contributed by atoms with Crippen LogP contribution in [0.3, 0.4) is 0 Å². The fourth-order valence-electron chi connectivity index (χ4n) is 2.81. The van der Waals surface area contributed by atoms with Crippen molar-refractivity contribution in [3.8, 4) is 0 Å². The van der Waals surface area contributed by atoms with Crippen molar-refractivity contribution < 1.29 is 14.3 Å². The van der Waals surface area contributed by atoms with Crippen LogP contribution in [-0.4, -0.2) is 24.0 Å². The number of aryl methyl sites for hydroxylation is 1. The maximum absolute atomic E-state index is 12.5. The Morgan fingerprint density at radius 1 is 1.30 bits per heavy atom. The average molecular weight is 330 g/mol. The van der Waals surface area contributed by atoms with Crippen molar-refractivity contribution >= 4 is 28.2 Å². The van der Waals surface area contributed by atoms with Gasteiger partial charge in [0.25, 0.3) is 5.91 Å². The quantitative estimate of drug-likeness (QED) is 0.876. The molecule has 6 heteroatoms. The van der Waals surface area contributed by atoms with E-state index in [0.717, 1.165) is 17.8 Å². The lowest BCUT2D eigenvalue weighted by atomic mass is 9.96. The molecule has 0 saturated heterocycles. The molecular formula is C17H18N2O3S. The summed E-state index contributed by atoms with van der Waals surface area (Å²) < 4.78 is 4.63. The molecule has 2 aromatic heterocycles. The molecule has 0 atom stereocenters. The molecule has 2 aromatic rings. The van der Waals surface area contributed by atoms with E-state index in [1.165, 1.54) is 48.2 Å². The number of hydrogen-bond donors (Lipinski definition) is 1. The van der Waals surface area contributed by atoms with Gasteiger partial charge in [0, 0.05) is 16.6 Å². The van der Waals surface area contributed by atoms with Gasteiger partial charge < -0.3 is 10.1 Å². The summed E-state index contributed by atoms with van der Waals surface area (Å²) in [4.78, 5) is 29.3. The molecule has 5 nitrogen and oxygen atoms in total. The van der Waals surface area contributed by atoms with Gasteiger partial charge in [0.2, 0.25) is 0 Å². The number of nitrogens with zero attached hydrogens (tertiary/aromatic N) is 1. The Kier molecular flexibility index (Phi) is 4.43. The van der Waals surface area contributed by atoms with E-state index in [9.17, 15) is 9.59 Å². The minimum Gasteiger partial charge on any atom is -0.464 e. The van der Waals surface area contributed by atoms with Crippen LogP contribution >= 0.6 is 11.3 Å². The summed E-state index contributed by atoms with van der Waals surface area (Å²) in [6.07, 6.45) is 6.05. The minimum absolute atomic E-state index is 0.127. The van der Waals surface area contributed by atoms with Crippen LogP contribution in [0.4, 0.5) is 5.00 Å². The lowest BCUT2D eigenvalue weighted by molar-refractivity contribution is 0.0594. The highest BCUT2D eigenvalue weighted by atomic mass is 32.1. The minimum atomic E-state index is -0.553. The summed E-state index contributed by atoms with van der Waals surface area (Å²) in [7, 11) is 1.29. The number of thiophene rings is 1. The predicted octanol–water partition coefficient (Wildman–Crippen LogP) is 3.37. The number of methoxy groups -OCH3 is 1. The number of rotatable bonds is 3. The highest BCUT2D eigenvalue weighted by molar-refractivity contribution is 7.16. The van der Waals surface area contributed by atoms with Crippen LogP contribution in [0.1, 0.15) is 49.7 Å².